The molecule has 2 aromatic rings. The van der Waals surface area contributed by atoms with Crippen molar-refractivity contribution in [2.24, 2.45) is 5.92 Å². The van der Waals surface area contributed by atoms with E-state index in [-0.39, 0.29) is 6.10 Å². The predicted molar refractivity (Wildman–Crippen MR) is 111 cm³/mol. The Kier molecular flexibility index (Phi) is 5.26. The quantitative estimate of drug-likeness (QED) is 0.806. The summed E-state index contributed by atoms with van der Waals surface area (Å²) in [5.74, 6) is 2.79. The maximum atomic E-state index is 10.3. The van der Waals surface area contributed by atoms with Crippen LogP contribution in [-0.4, -0.2) is 60.6 Å². The number of thiophene rings is 1. The third-order valence-corrected chi connectivity index (χ3v) is 7.63. The fourth-order valence-corrected chi connectivity index (χ4v) is 6.28. The summed E-state index contributed by atoms with van der Waals surface area (Å²) in [7, 11) is 0. The zero-order valence-corrected chi connectivity index (χ0v) is 17.6. The summed E-state index contributed by atoms with van der Waals surface area (Å²) < 4.78 is 5.51. The number of anilines is 1. The summed E-state index contributed by atoms with van der Waals surface area (Å²) in [4.78, 5) is 16.6. The molecule has 0 aromatic carbocycles. The molecule has 2 saturated heterocycles. The summed E-state index contributed by atoms with van der Waals surface area (Å²) in [6, 6.07) is 0. The van der Waals surface area contributed by atoms with Gasteiger partial charge in [-0.25, -0.2) is 9.97 Å². The number of aliphatic hydroxyl groups excluding tert-OH is 1. The molecular formula is C21H31N4O2S+. The molecule has 2 aliphatic heterocycles. The number of aliphatic hydroxyl groups is 1. The minimum Gasteiger partial charge on any atom is -0.391 e. The molecule has 2 aromatic heterocycles. The van der Waals surface area contributed by atoms with Crippen LogP contribution in [0.4, 0.5) is 5.82 Å². The average Bonchev–Trinajstić information content (AvgIpc) is 3.05. The minimum atomic E-state index is -0.249. The molecule has 5 rings (SSSR count). The highest BCUT2D eigenvalue weighted by Crippen LogP contribution is 2.41. The van der Waals surface area contributed by atoms with Gasteiger partial charge in [0.05, 0.1) is 24.7 Å². The Morgan fingerprint density at radius 1 is 1.25 bits per heavy atom. The van der Waals surface area contributed by atoms with E-state index >= 15 is 0 Å². The SMILES string of the molecule is C[C@H]1CCc2c(sc3nc(C[NH+]4CCOCC4)nc(N4CCC[C@H](O)C4)c23)C1. The molecule has 0 spiro atoms. The number of aryl methyl sites for hydroxylation is 1. The first-order valence-corrected chi connectivity index (χ1v) is 11.6. The lowest BCUT2D eigenvalue weighted by Gasteiger charge is -2.32. The molecule has 7 heteroatoms. The number of rotatable bonds is 3. The van der Waals surface area contributed by atoms with Crippen LogP contribution in [0.3, 0.4) is 0 Å². The number of hydrogen-bond acceptors (Lipinski definition) is 6. The number of nitrogens with zero attached hydrogens (tertiary/aromatic N) is 3. The second-order valence-electron chi connectivity index (χ2n) is 8.78. The number of β-amino-alcohol motifs (C(OH)–C–C–N with tert-alkyl or cyclic N) is 1. The van der Waals surface area contributed by atoms with Crippen LogP contribution in [0.1, 0.15) is 42.5 Å². The largest absolute Gasteiger partial charge is 0.391 e. The molecule has 4 heterocycles. The van der Waals surface area contributed by atoms with E-state index in [1.54, 1.807) is 0 Å². The third-order valence-electron chi connectivity index (χ3n) is 6.49. The van der Waals surface area contributed by atoms with E-state index in [9.17, 15) is 5.11 Å². The number of piperidine rings is 1. The standard InChI is InChI=1S/C21H30N4O2S/c1-14-4-5-16-17(11-14)28-21-19(16)20(25-6-2-3-15(26)12-25)22-18(23-21)13-24-7-9-27-10-8-24/h14-15,26H,2-13H2,1H3/p+1/t14-,15-/m0/s1. The number of nitrogens with one attached hydrogen (secondary N) is 1. The summed E-state index contributed by atoms with van der Waals surface area (Å²) in [5.41, 5.74) is 1.48. The van der Waals surface area contributed by atoms with Gasteiger partial charge in [-0.3, -0.25) is 0 Å². The lowest BCUT2D eigenvalue weighted by atomic mass is 9.89. The van der Waals surface area contributed by atoms with Crippen molar-refractivity contribution in [1.29, 1.82) is 0 Å². The molecular weight excluding hydrogens is 372 g/mol. The Morgan fingerprint density at radius 3 is 2.93 bits per heavy atom. The Balaban J connectivity index is 1.56. The fourth-order valence-electron chi connectivity index (χ4n) is 4.88. The van der Waals surface area contributed by atoms with Crippen LogP contribution in [-0.2, 0) is 24.1 Å². The topological polar surface area (TPSA) is 62.9 Å². The summed E-state index contributed by atoms with van der Waals surface area (Å²) in [6.45, 7) is 8.60. The first-order valence-electron chi connectivity index (χ1n) is 10.8. The second-order valence-corrected chi connectivity index (χ2v) is 9.86. The molecule has 0 bridgehead atoms. The van der Waals surface area contributed by atoms with Crippen molar-refractivity contribution < 1.29 is 14.7 Å². The van der Waals surface area contributed by atoms with Crippen molar-refractivity contribution >= 4 is 27.4 Å². The molecule has 0 unspecified atom stereocenters. The molecule has 2 atom stereocenters. The zero-order chi connectivity index (χ0) is 19.1. The van der Waals surface area contributed by atoms with Gasteiger partial charge in [0.1, 0.15) is 30.3 Å². The number of aromatic nitrogens is 2. The van der Waals surface area contributed by atoms with Crippen molar-refractivity contribution in [3.05, 3.63) is 16.3 Å². The summed E-state index contributed by atoms with van der Waals surface area (Å²) in [5, 5.41) is 11.5. The maximum Gasteiger partial charge on any atom is 0.187 e. The van der Waals surface area contributed by atoms with Gasteiger partial charge in [0, 0.05) is 18.0 Å². The van der Waals surface area contributed by atoms with E-state index in [0.717, 1.165) is 81.0 Å². The normalized spacial score (nSPS) is 26.6. The first-order chi connectivity index (χ1) is 13.7. The molecule has 6 nitrogen and oxygen atoms in total. The predicted octanol–water partition coefficient (Wildman–Crippen LogP) is 1.19. The van der Waals surface area contributed by atoms with Crippen LogP contribution in [0.15, 0.2) is 0 Å². The van der Waals surface area contributed by atoms with Gasteiger partial charge in [-0.15, -0.1) is 11.3 Å². The highest BCUT2D eigenvalue weighted by atomic mass is 32.1. The highest BCUT2D eigenvalue weighted by Gasteiger charge is 2.28. The summed E-state index contributed by atoms with van der Waals surface area (Å²) in [6.07, 6.45) is 5.23. The lowest BCUT2D eigenvalue weighted by Crippen LogP contribution is -3.12. The van der Waals surface area contributed by atoms with Crippen molar-refractivity contribution in [3.8, 4) is 0 Å². The smallest absolute Gasteiger partial charge is 0.187 e. The van der Waals surface area contributed by atoms with Gasteiger partial charge in [-0.1, -0.05) is 6.92 Å². The van der Waals surface area contributed by atoms with Crippen LogP contribution >= 0.6 is 11.3 Å². The monoisotopic (exact) mass is 403 g/mol. The van der Waals surface area contributed by atoms with Crippen LogP contribution in [0.2, 0.25) is 0 Å². The maximum absolute atomic E-state index is 10.3. The number of ether oxygens (including phenoxy) is 1. The van der Waals surface area contributed by atoms with E-state index in [1.807, 2.05) is 11.3 Å². The number of hydrogen-bond donors (Lipinski definition) is 2. The van der Waals surface area contributed by atoms with Gasteiger partial charge < -0.3 is 19.6 Å². The molecule has 152 valence electrons. The van der Waals surface area contributed by atoms with Crippen LogP contribution in [0.25, 0.3) is 10.2 Å². The molecule has 1 aliphatic carbocycles. The zero-order valence-electron chi connectivity index (χ0n) is 16.7. The molecule has 0 radical (unpaired) electrons. The van der Waals surface area contributed by atoms with E-state index < -0.39 is 0 Å². The van der Waals surface area contributed by atoms with Gasteiger partial charge in [0.15, 0.2) is 5.82 Å². The van der Waals surface area contributed by atoms with Gasteiger partial charge in [-0.05, 0) is 43.6 Å². The third kappa shape index (κ3) is 3.65. The first kappa shape index (κ1) is 18.7. The van der Waals surface area contributed by atoms with Crippen LogP contribution in [0.5, 0.6) is 0 Å². The lowest BCUT2D eigenvalue weighted by molar-refractivity contribution is -0.922. The van der Waals surface area contributed by atoms with E-state index in [2.05, 4.69) is 11.8 Å². The molecule has 0 amide bonds. The van der Waals surface area contributed by atoms with E-state index in [0.29, 0.717) is 6.54 Å². The van der Waals surface area contributed by atoms with Crippen LogP contribution in [0, 0.1) is 5.92 Å². The van der Waals surface area contributed by atoms with Gasteiger partial charge in [-0.2, -0.15) is 0 Å². The van der Waals surface area contributed by atoms with Gasteiger partial charge in [0.25, 0.3) is 0 Å². The number of quaternary nitrogens is 1. The van der Waals surface area contributed by atoms with Crippen molar-refractivity contribution in [1.82, 2.24) is 9.97 Å². The van der Waals surface area contributed by atoms with Crippen LogP contribution < -0.4 is 9.80 Å². The number of morpholine rings is 1. The Morgan fingerprint density at radius 2 is 2.11 bits per heavy atom. The Labute approximate surface area is 170 Å². The second kappa shape index (κ2) is 7.86. The Bertz CT molecular complexity index is 849. The molecule has 28 heavy (non-hydrogen) atoms. The molecule has 2 fully saturated rings. The summed E-state index contributed by atoms with van der Waals surface area (Å²) >= 11 is 1.88. The fraction of sp³-hybridized carbons (Fsp3) is 0.714. The van der Waals surface area contributed by atoms with Crippen molar-refractivity contribution in [2.75, 3.05) is 44.3 Å². The van der Waals surface area contributed by atoms with Gasteiger partial charge in [0.2, 0.25) is 0 Å². The molecule has 2 N–H and O–H groups in total. The number of fused-ring (bicyclic) bond motifs is 3. The molecule has 0 saturated carbocycles. The average molecular weight is 404 g/mol. The van der Waals surface area contributed by atoms with E-state index in [1.165, 1.54) is 33.6 Å². The molecule has 3 aliphatic rings. The van der Waals surface area contributed by atoms with Crippen molar-refractivity contribution in [3.63, 3.8) is 0 Å². The van der Waals surface area contributed by atoms with E-state index in [4.69, 9.17) is 14.7 Å². The minimum absolute atomic E-state index is 0.249. The van der Waals surface area contributed by atoms with Gasteiger partial charge >= 0.3 is 0 Å². The highest BCUT2D eigenvalue weighted by molar-refractivity contribution is 7.19. The Hall–Kier alpha value is -1.28. The van der Waals surface area contributed by atoms with Crippen molar-refractivity contribution in [2.45, 2.75) is 51.7 Å².